The summed E-state index contributed by atoms with van der Waals surface area (Å²) >= 11 is 0. The van der Waals surface area contributed by atoms with Gasteiger partial charge in [-0.15, -0.1) is 0 Å². The summed E-state index contributed by atoms with van der Waals surface area (Å²) in [4.78, 5) is 10.9. The van der Waals surface area contributed by atoms with Crippen molar-refractivity contribution in [2.24, 2.45) is 0 Å². The molecule has 0 saturated heterocycles. The maximum atomic E-state index is 10.9. The molecule has 2 aromatic rings. The van der Waals surface area contributed by atoms with E-state index in [1.165, 1.54) is 24.7 Å². The Kier molecular flexibility index (Phi) is 4.82. The first-order valence-corrected chi connectivity index (χ1v) is 6.72. The molecule has 0 saturated carbocycles. The molecule has 0 aliphatic rings. The van der Waals surface area contributed by atoms with Crippen LogP contribution in [0, 0.1) is 0 Å². The van der Waals surface area contributed by atoms with Crippen LogP contribution in [0.25, 0.3) is 0 Å². The molecule has 0 aliphatic carbocycles. The summed E-state index contributed by atoms with van der Waals surface area (Å²) in [5.41, 5.74) is 1.82. The summed E-state index contributed by atoms with van der Waals surface area (Å²) in [5.74, 6) is -0.420. The molecule has 0 unspecified atom stereocenters. The fraction of sp³-hybridized carbons (Fsp3) is 0.312. The molecule has 0 atom stereocenters. The molecule has 1 heterocycles. The number of aryl methyl sites for hydroxylation is 1. The molecule has 0 radical (unpaired) electrons. The van der Waals surface area contributed by atoms with Crippen LogP contribution in [0.4, 0.5) is 0 Å². The monoisotopic (exact) mass is 274 g/mol. The number of ether oxygens (including phenoxy) is 1. The maximum absolute atomic E-state index is 10.9. The second kappa shape index (κ2) is 6.80. The Hall–Kier alpha value is -2.23. The van der Waals surface area contributed by atoms with Crippen molar-refractivity contribution >= 4 is 5.97 Å². The summed E-state index contributed by atoms with van der Waals surface area (Å²) < 4.78 is 10.5. The molecule has 0 bridgehead atoms. The van der Waals surface area contributed by atoms with Crippen LogP contribution in [0.3, 0.4) is 0 Å². The zero-order valence-corrected chi connectivity index (χ0v) is 11.5. The lowest BCUT2D eigenvalue weighted by molar-refractivity contribution is 0.0658. The molecule has 0 spiro atoms. The Balaban J connectivity index is 1.93. The Morgan fingerprint density at radius 2 is 2.00 bits per heavy atom. The first-order valence-electron chi connectivity index (χ1n) is 6.72. The summed E-state index contributed by atoms with van der Waals surface area (Å²) in [6.45, 7) is 2.36. The van der Waals surface area contributed by atoms with Gasteiger partial charge >= 0.3 is 5.97 Å². The van der Waals surface area contributed by atoms with E-state index in [0.717, 1.165) is 12.2 Å². The third kappa shape index (κ3) is 3.63. The van der Waals surface area contributed by atoms with Crippen LogP contribution >= 0.6 is 0 Å². The minimum Gasteiger partial charge on any atom is -0.489 e. The van der Waals surface area contributed by atoms with Crippen LogP contribution in [-0.4, -0.2) is 11.1 Å². The Labute approximate surface area is 118 Å². The van der Waals surface area contributed by atoms with Gasteiger partial charge in [0, 0.05) is 5.56 Å². The van der Waals surface area contributed by atoms with Crippen molar-refractivity contribution in [3.8, 4) is 5.75 Å². The lowest BCUT2D eigenvalue weighted by Gasteiger charge is -2.06. The standard InChI is InChI=1S/C16H18O4/c1-2-3-4-12-5-7-14(8-6-12)20-11-13-9-10-19-15(13)16(17)18/h5-10H,2-4,11H2,1H3,(H,17,18). The van der Waals surface area contributed by atoms with Crippen molar-refractivity contribution in [3.05, 3.63) is 53.5 Å². The molecular weight excluding hydrogens is 256 g/mol. The zero-order valence-electron chi connectivity index (χ0n) is 11.5. The van der Waals surface area contributed by atoms with Gasteiger partial charge in [0.1, 0.15) is 12.4 Å². The van der Waals surface area contributed by atoms with Gasteiger partial charge in [-0.3, -0.25) is 0 Å². The van der Waals surface area contributed by atoms with E-state index in [4.69, 9.17) is 14.3 Å². The molecule has 1 aromatic heterocycles. The van der Waals surface area contributed by atoms with Crippen LogP contribution in [0.5, 0.6) is 5.75 Å². The highest BCUT2D eigenvalue weighted by atomic mass is 16.5. The Bertz CT molecular complexity index is 554. The molecule has 106 valence electrons. The normalized spacial score (nSPS) is 10.4. The smallest absolute Gasteiger partial charge is 0.372 e. The molecule has 0 fully saturated rings. The third-order valence-electron chi connectivity index (χ3n) is 3.08. The van der Waals surface area contributed by atoms with Gasteiger partial charge in [-0.05, 0) is 36.6 Å². The van der Waals surface area contributed by atoms with Gasteiger partial charge in [0.2, 0.25) is 5.76 Å². The number of unbranched alkanes of at least 4 members (excludes halogenated alkanes) is 1. The number of hydrogen-bond acceptors (Lipinski definition) is 3. The highest BCUT2D eigenvalue weighted by Crippen LogP contribution is 2.17. The molecule has 2 rings (SSSR count). The Morgan fingerprint density at radius 1 is 1.25 bits per heavy atom. The van der Waals surface area contributed by atoms with E-state index in [0.29, 0.717) is 5.56 Å². The van der Waals surface area contributed by atoms with Gasteiger partial charge < -0.3 is 14.3 Å². The average Bonchev–Trinajstić information content (AvgIpc) is 2.92. The minimum absolute atomic E-state index is 0.0652. The average molecular weight is 274 g/mol. The number of carbonyl (C=O) groups is 1. The van der Waals surface area contributed by atoms with Crippen LogP contribution in [-0.2, 0) is 13.0 Å². The largest absolute Gasteiger partial charge is 0.489 e. The Morgan fingerprint density at radius 3 is 2.65 bits per heavy atom. The zero-order chi connectivity index (χ0) is 14.4. The molecular formula is C16H18O4. The maximum Gasteiger partial charge on any atom is 0.372 e. The number of benzene rings is 1. The SMILES string of the molecule is CCCCc1ccc(OCc2ccoc2C(=O)O)cc1. The molecule has 4 heteroatoms. The van der Waals surface area contributed by atoms with Gasteiger partial charge in [0.05, 0.1) is 6.26 Å². The fourth-order valence-corrected chi connectivity index (χ4v) is 1.93. The lowest BCUT2D eigenvalue weighted by atomic mass is 10.1. The van der Waals surface area contributed by atoms with Crippen LogP contribution in [0.1, 0.15) is 41.4 Å². The number of hydrogen-bond donors (Lipinski definition) is 1. The number of carboxylic acid groups (broad SMARTS) is 1. The quantitative estimate of drug-likeness (QED) is 0.831. The van der Waals surface area contributed by atoms with Gasteiger partial charge in [-0.1, -0.05) is 25.5 Å². The minimum atomic E-state index is -1.08. The summed E-state index contributed by atoms with van der Waals surface area (Å²) in [6, 6.07) is 9.51. The summed E-state index contributed by atoms with van der Waals surface area (Å²) in [7, 11) is 0. The fourth-order valence-electron chi connectivity index (χ4n) is 1.93. The third-order valence-corrected chi connectivity index (χ3v) is 3.08. The van der Waals surface area contributed by atoms with Crippen molar-refractivity contribution < 1.29 is 19.1 Å². The predicted molar refractivity (Wildman–Crippen MR) is 75.1 cm³/mol. The number of furan rings is 1. The summed E-state index contributed by atoms with van der Waals surface area (Å²) in [5, 5.41) is 8.92. The van der Waals surface area contributed by atoms with Crippen LogP contribution in [0.15, 0.2) is 41.0 Å². The van der Waals surface area contributed by atoms with Gasteiger partial charge in [0.15, 0.2) is 0 Å². The van der Waals surface area contributed by atoms with Crippen LogP contribution in [0.2, 0.25) is 0 Å². The second-order valence-corrected chi connectivity index (χ2v) is 4.62. The number of aromatic carboxylic acids is 1. The van der Waals surface area contributed by atoms with Crippen LogP contribution < -0.4 is 4.74 Å². The topological polar surface area (TPSA) is 59.7 Å². The first-order chi connectivity index (χ1) is 9.70. The second-order valence-electron chi connectivity index (χ2n) is 4.62. The highest BCUT2D eigenvalue weighted by molar-refractivity contribution is 5.86. The highest BCUT2D eigenvalue weighted by Gasteiger charge is 2.14. The van der Waals surface area contributed by atoms with E-state index in [9.17, 15) is 4.79 Å². The van der Waals surface area contributed by atoms with Gasteiger partial charge in [0.25, 0.3) is 0 Å². The van der Waals surface area contributed by atoms with Crippen molar-refractivity contribution in [2.45, 2.75) is 32.8 Å². The van der Waals surface area contributed by atoms with E-state index < -0.39 is 5.97 Å². The van der Waals surface area contributed by atoms with Crippen molar-refractivity contribution in [3.63, 3.8) is 0 Å². The van der Waals surface area contributed by atoms with Gasteiger partial charge in [-0.25, -0.2) is 4.79 Å². The summed E-state index contributed by atoms with van der Waals surface area (Å²) in [6.07, 6.45) is 4.78. The van der Waals surface area contributed by atoms with Crippen molar-refractivity contribution in [1.82, 2.24) is 0 Å². The lowest BCUT2D eigenvalue weighted by Crippen LogP contribution is -2.02. The van der Waals surface area contributed by atoms with Gasteiger partial charge in [-0.2, -0.15) is 0 Å². The molecule has 0 amide bonds. The number of carboxylic acids is 1. The molecule has 0 aliphatic heterocycles. The molecule has 20 heavy (non-hydrogen) atoms. The van der Waals surface area contributed by atoms with Crippen molar-refractivity contribution in [1.29, 1.82) is 0 Å². The number of rotatable bonds is 7. The van der Waals surface area contributed by atoms with E-state index in [1.54, 1.807) is 6.07 Å². The predicted octanol–water partition coefficient (Wildman–Crippen LogP) is 3.90. The molecule has 4 nitrogen and oxygen atoms in total. The molecule has 1 aromatic carbocycles. The van der Waals surface area contributed by atoms with Crippen molar-refractivity contribution in [2.75, 3.05) is 0 Å². The molecule has 1 N–H and O–H groups in total. The van der Waals surface area contributed by atoms with E-state index in [1.807, 2.05) is 24.3 Å². The van der Waals surface area contributed by atoms with E-state index in [-0.39, 0.29) is 12.4 Å². The van der Waals surface area contributed by atoms with E-state index in [2.05, 4.69) is 6.92 Å². The van der Waals surface area contributed by atoms with E-state index >= 15 is 0 Å². The first kappa shape index (κ1) is 14.2.